The van der Waals surface area contributed by atoms with Gasteiger partial charge < -0.3 is 4.90 Å². The average Bonchev–Trinajstić information content (AvgIpc) is 2.89. The van der Waals surface area contributed by atoms with Crippen molar-refractivity contribution in [1.82, 2.24) is 14.7 Å². The molecule has 1 aromatic carbocycles. The molecule has 0 aliphatic carbocycles. The first-order chi connectivity index (χ1) is 10.8. The standard InChI is InChI=1S/C16H16F3N3O/c1-21(10-13-9-20-22(2)11-13)15(23)7-6-12-4-3-5-14(8-12)16(17,18)19/h3-9,11H,10H2,1-2H3/b7-6+. The van der Waals surface area contributed by atoms with Crippen LogP contribution < -0.4 is 0 Å². The maximum atomic E-state index is 12.6. The number of alkyl halides is 3. The molecule has 0 atom stereocenters. The number of carbonyl (C=O) groups excluding carboxylic acids is 1. The van der Waals surface area contributed by atoms with Gasteiger partial charge in [-0.05, 0) is 23.8 Å². The number of likely N-dealkylation sites (N-methyl/N-ethyl adjacent to an activating group) is 1. The summed E-state index contributed by atoms with van der Waals surface area (Å²) < 4.78 is 39.5. The molecule has 0 saturated heterocycles. The second-order valence-corrected chi connectivity index (χ2v) is 5.17. The summed E-state index contributed by atoms with van der Waals surface area (Å²) in [4.78, 5) is 13.5. The number of nitrogens with zero attached hydrogens (tertiary/aromatic N) is 3. The van der Waals surface area contributed by atoms with Crippen molar-refractivity contribution in [2.45, 2.75) is 12.7 Å². The molecule has 0 N–H and O–H groups in total. The van der Waals surface area contributed by atoms with E-state index in [0.29, 0.717) is 12.1 Å². The van der Waals surface area contributed by atoms with Crippen molar-refractivity contribution in [2.75, 3.05) is 7.05 Å². The van der Waals surface area contributed by atoms with E-state index in [-0.39, 0.29) is 5.91 Å². The Morgan fingerprint density at radius 3 is 2.74 bits per heavy atom. The van der Waals surface area contributed by atoms with Gasteiger partial charge in [-0.2, -0.15) is 18.3 Å². The molecule has 0 radical (unpaired) electrons. The molecule has 0 fully saturated rings. The van der Waals surface area contributed by atoms with Crippen molar-refractivity contribution in [2.24, 2.45) is 7.05 Å². The van der Waals surface area contributed by atoms with Crippen LogP contribution in [0.1, 0.15) is 16.7 Å². The molecule has 0 spiro atoms. The summed E-state index contributed by atoms with van der Waals surface area (Å²) in [6, 6.07) is 4.82. The van der Waals surface area contributed by atoms with Gasteiger partial charge in [0, 0.05) is 38.5 Å². The summed E-state index contributed by atoms with van der Waals surface area (Å²) in [5.74, 6) is -0.300. The van der Waals surface area contributed by atoms with Gasteiger partial charge in [-0.3, -0.25) is 9.48 Å². The Morgan fingerprint density at radius 2 is 2.13 bits per heavy atom. The quantitative estimate of drug-likeness (QED) is 0.811. The number of hydrogen-bond donors (Lipinski definition) is 0. The SMILES string of the molecule is CN(Cc1cnn(C)c1)C(=O)/C=C/c1cccc(C(F)(F)F)c1. The van der Waals surface area contributed by atoms with Crippen molar-refractivity contribution < 1.29 is 18.0 Å². The van der Waals surface area contributed by atoms with Gasteiger partial charge in [-0.1, -0.05) is 12.1 Å². The predicted molar refractivity (Wildman–Crippen MR) is 80.2 cm³/mol. The summed E-state index contributed by atoms with van der Waals surface area (Å²) in [6.45, 7) is 0.375. The highest BCUT2D eigenvalue weighted by molar-refractivity contribution is 5.91. The zero-order valence-electron chi connectivity index (χ0n) is 12.7. The number of aryl methyl sites for hydroxylation is 1. The fraction of sp³-hybridized carbons (Fsp3) is 0.250. The van der Waals surface area contributed by atoms with Crippen LogP contribution in [0.3, 0.4) is 0 Å². The number of benzene rings is 1. The first-order valence-corrected chi connectivity index (χ1v) is 6.83. The molecule has 0 bridgehead atoms. The molecular weight excluding hydrogens is 307 g/mol. The van der Waals surface area contributed by atoms with Gasteiger partial charge in [-0.25, -0.2) is 0 Å². The molecule has 0 unspecified atom stereocenters. The van der Waals surface area contributed by atoms with E-state index in [9.17, 15) is 18.0 Å². The largest absolute Gasteiger partial charge is 0.416 e. The van der Waals surface area contributed by atoms with Crippen LogP contribution in [0, 0.1) is 0 Å². The number of carbonyl (C=O) groups is 1. The number of aromatic nitrogens is 2. The Hall–Kier alpha value is -2.57. The molecule has 1 aromatic heterocycles. The predicted octanol–water partition coefficient (Wildman–Crippen LogP) is 3.11. The van der Waals surface area contributed by atoms with E-state index in [4.69, 9.17) is 0 Å². The molecule has 2 aromatic rings. The van der Waals surface area contributed by atoms with Crippen molar-refractivity contribution in [3.63, 3.8) is 0 Å². The number of amides is 1. The third-order valence-corrected chi connectivity index (χ3v) is 3.19. The zero-order chi connectivity index (χ0) is 17.0. The second-order valence-electron chi connectivity index (χ2n) is 5.17. The lowest BCUT2D eigenvalue weighted by Crippen LogP contribution is -2.23. The van der Waals surface area contributed by atoms with Crippen molar-refractivity contribution in [3.8, 4) is 0 Å². The van der Waals surface area contributed by atoms with E-state index in [1.165, 1.54) is 29.2 Å². The van der Waals surface area contributed by atoms with Crippen LogP contribution in [-0.4, -0.2) is 27.6 Å². The number of rotatable bonds is 4. The number of hydrogen-bond acceptors (Lipinski definition) is 2. The molecule has 0 aliphatic heterocycles. The Bertz CT molecular complexity index is 719. The van der Waals surface area contributed by atoms with Gasteiger partial charge in [0.2, 0.25) is 5.91 Å². The van der Waals surface area contributed by atoms with Gasteiger partial charge >= 0.3 is 6.18 Å². The highest BCUT2D eigenvalue weighted by Gasteiger charge is 2.30. The van der Waals surface area contributed by atoms with E-state index in [1.807, 2.05) is 0 Å². The monoisotopic (exact) mass is 323 g/mol. The summed E-state index contributed by atoms with van der Waals surface area (Å²) in [7, 11) is 3.39. The zero-order valence-corrected chi connectivity index (χ0v) is 12.7. The van der Waals surface area contributed by atoms with Crippen LogP contribution in [0.15, 0.2) is 42.7 Å². The van der Waals surface area contributed by atoms with Crippen LogP contribution in [0.2, 0.25) is 0 Å². The Balaban J connectivity index is 2.03. The van der Waals surface area contributed by atoms with Gasteiger partial charge in [0.1, 0.15) is 0 Å². The molecule has 2 rings (SSSR count). The highest BCUT2D eigenvalue weighted by atomic mass is 19.4. The van der Waals surface area contributed by atoms with Crippen molar-refractivity contribution >= 4 is 12.0 Å². The molecule has 23 heavy (non-hydrogen) atoms. The minimum absolute atomic E-state index is 0.300. The smallest absolute Gasteiger partial charge is 0.338 e. The lowest BCUT2D eigenvalue weighted by Gasteiger charge is -2.13. The molecule has 122 valence electrons. The van der Waals surface area contributed by atoms with Crippen LogP contribution in [0.4, 0.5) is 13.2 Å². The second kappa shape index (κ2) is 6.68. The van der Waals surface area contributed by atoms with Crippen molar-refractivity contribution in [3.05, 3.63) is 59.4 Å². The minimum Gasteiger partial charge on any atom is -0.338 e. The molecule has 4 nitrogen and oxygen atoms in total. The normalized spacial score (nSPS) is 11.9. The summed E-state index contributed by atoms with van der Waals surface area (Å²) in [5.41, 5.74) is 0.453. The lowest BCUT2D eigenvalue weighted by atomic mass is 10.1. The summed E-state index contributed by atoms with van der Waals surface area (Å²) in [5, 5.41) is 4.01. The average molecular weight is 323 g/mol. The van der Waals surface area contributed by atoms with Crippen LogP contribution in [0.25, 0.3) is 6.08 Å². The minimum atomic E-state index is -4.40. The fourth-order valence-corrected chi connectivity index (χ4v) is 2.02. The topological polar surface area (TPSA) is 38.1 Å². The molecule has 7 heteroatoms. The molecule has 1 amide bonds. The number of halogens is 3. The maximum Gasteiger partial charge on any atom is 0.416 e. The van der Waals surface area contributed by atoms with Crippen molar-refractivity contribution in [1.29, 1.82) is 0 Å². The van der Waals surface area contributed by atoms with Crippen LogP contribution in [-0.2, 0) is 24.6 Å². The summed E-state index contributed by atoms with van der Waals surface area (Å²) in [6.07, 6.45) is 1.68. The molecule has 0 aliphatic rings. The van der Waals surface area contributed by atoms with E-state index in [2.05, 4.69) is 5.10 Å². The van der Waals surface area contributed by atoms with E-state index in [1.54, 1.807) is 31.2 Å². The van der Waals surface area contributed by atoms with E-state index >= 15 is 0 Å². The van der Waals surface area contributed by atoms with Crippen LogP contribution in [0.5, 0.6) is 0 Å². The highest BCUT2D eigenvalue weighted by Crippen LogP contribution is 2.29. The lowest BCUT2D eigenvalue weighted by molar-refractivity contribution is -0.137. The van der Waals surface area contributed by atoms with Gasteiger partial charge in [0.05, 0.1) is 11.8 Å². The molecular formula is C16H16F3N3O. The maximum absolute atomic E-state index is 12.6. The van der Waals surface area contributed by atoms with Gasteiger partial charge in [0.25, 0.3) is 0 Å². The Morgan fingerprint density at radius 1 is 1.39 bits per heavy atom. The van der Waals surface area contributed by atoms with E-state index < -0.39 is 11.7 Å². The first-order valence-electron chi connectivity index (χ1n) is 6.83. The fourth-order valence-electron chi connectivity index (χ4n) is 2.02. The van der Waals surface area contributed by atoms with Crippen LogP contribution >= 0.6 is 0 Å². The van der Waals surface area contributed by atoms with E-state index in [0.717, 1.165) is 17.7 Å². The third-order valence-electron chi connectivity index (χ3n) is 3.19. The molecule has 0 saturated carbocycles. The Labute approximate surface area is 131 Å². The summed E-state index contributed by atoms with van der Waals surface area (Å²) >= 11 is 0. The van der Waals surface area contributed by atoms with Gasteiger partial charge in [0.15, 0.2) is 0 Å². The Kier molecular flexibility index (Phi) is 4.88. The first kappa shape index (κ1) is 16.8. The third kappa shape index (κ3) is 4.70. The van der Waals surface area contributed by atoms with Gasteiger partial charge in [-0.15, -0.1) is 0 Å². The molecule has 1 heterocycles.